The summed E-state index contributed by atoms with van der Waals surface area (Å²) in [5, 5.41) is 2.03. The van der Waals surface area contributed by atoms with E-state index in [1.165, 1.54) is 0 Å². The molecule has 1 heterocycles. The van der Waals surface area contributed by atoms with Gasteiger partial charge in [-0.05, 0) is 43.2 Å². The highest BCUT2D eigenvalue weighted by molar-refractivity contribution is 7.09. The fourth-order valence-electron chi connectivity index (χ4n) is 4.09. The lowest BCUT2D eigenvalue weighted by Crippen LogP contribution is -2.44. The van der Waals surface area contributed by atoms with Gasteiger partial charge in [0.1, 0.15) is 0 Å². The number of nitrogens with zero attached hydrogens (tertiary/aromatic N) is 2. The van der Waals surface area contributed by atoms with Crippen molar-refractivity contribution in [3.8, 4) is 0 Å². The molecular weight excluding hydrogens is 408 g/mol. The van der Waals surface area contributed by atoms with E-state index in [1.54, 1.807) is 16.2 Å². The van der Waals surface area contributed by atoms with E-state index in [1.807, 2.05) is 53.6 Å². The Labute approximate surface area is 190 Å². The highest BCUT2D eigenvalue weighted by Crippen LogP contribution is 2.27. The first-order chi connectivity index (χ1) is 15.2. The van der Waals surface area contributed by atoms with Gasteiger partial charge in [0.2, 0.25) is 11.8 Å². The minimum absolute atomic E-state index is 0.00000916. The Balaban J connectivity index is 1.69. The van der Waals surface area contributed by atoms with Crippen molar-refractivity contribution in [2.75, 3.05) is 26.3 Å². The van der Waals surface area contributed by atoms with Crippen LogP contribution in [-0.4, -0.2) is 47.9 Å². The van der Waals surface area contributed by atoms with Gasteiger partial charge in [-0.1, -0.05) is 49.2 Å². The van der Waals surface area contributed by atoms with Gasteiger partial charge >= 0.3 is 0 Å². The summed E-state index contributed by atoms with van der Waals surface area (Å²) in [6.07, 6.45) is 4.85. The number of benzene rings is 1. The lowest BCUT2D eigenvalue weighted by molar-refractivity contribution is -0.143. The van der Waals surface area contributed by atoms with Crippen LogP contribution in [0.25, 0.3) is 0 Å². The standard InChI is InChI=1S/C25H34N2O3S/c1-2-30-16-9-15-26(25(29)22-12-6-7-13-22)20-24(28)27(19-23-14-8-17-31-23)18-21-10-4-3-5-11-21/h3-5,8,10-11,14,17,22H,2,6-7,9,12-13,15-16,18-20H2,1H3. The third-order valence-corrected chi connectivity index (χ3v) is 6.62. The zero-order valence-corrected chi connectivity index (χ0v) is 19.3. The average molecular weight is 443 g/mol. The van der Waals surface area contributed by atoms with Crippen molar-refractivity contribution in [2.24, 2.45) is 5.92 Å². The normalized spacial score (nSPS) is 14.0. The topological polar surface area (TPSA) is 49.9 Å². The van der Waals surface area contributed by atoms with Gasteiger partial charge in [-0.15, -0.1) is 11.3 Å². The van der Waals surface area contributed by atoms with Crippen LogP contribution in [0.2, 0.25) is 0 Å². The molecule has 1 aliphatic rings. The minimum Gasteiger partial charge on any atom is -0.382 e. The van der Waals surface area contributed by atoms with Gasteiger partial charge in [-0.2, -0.15) is 0 Å². The van der Waals surface area contributed by atoms with Gasteiger partial charge in [0.05, 0.1) is 13.1 Å². The van der Waals surface area contributed by atoms with Crippen LogP contribution < -0.4 is 0 Å². The molecular formula is C25H34N2O3S. The summed E-state index contributed by atoms with van der Waals surface area (Å²) >= 11 is 1.65. The van der Waals surface area contributed by atoms with E-state index in [0.717, 1.165) is 42.5 Å². The monoisotopic (exact) mass is 442 g/mol. The molecule has 1 saturated carbocycles. The second-order valence-corrected chi connectivity index (χ2v) is 9.14. The van der Waals surface area contributed by atoms with Gasteiger partial charge in [-0.3, -0.25) is 9.59 Å². The smallest absolute Gasteiger partial charge is 0.242 e. The van der Waals surface area contributed by atoms with E-state index < -0.39 is 0 Å². The van der Waals surface area contributed by atoms with Crippen LogP contribution in [0.4, 0.5) is 0 Å². The maximum Gasteiger partial charge on any atom is 0.242 e. The van der Waals surface area contributed by atoms with Crippen molar-refractivity contribution in [3.63, 3.8) is 0 Å². The van der Waals surface area contributed by atoms with Crippen LogP contribution in [0.5, 0.6) is 0 Å². The van der Waals surface area contributed by atoms with Crippen LogP contribution in [-0.2, 0) is 27.4 Å². The van der Waals surface area contributed by atoms with Crippen molar-refractivity contribution in [2.45, 2.75) is 52.1 Å². The molecule has 0 aliphatic heterocycles. The van der Waals surface area contributed by atoms with E-state index in [9.17, 15) is 9.59 Å². The Morgan fingerprint density at radius 2 is 1.81 bits per heavy atom. The number of rotatable bonds is 12. The molecule has 1 aromatic carbocycles. The molecule has 2 aromatic rings. The first-order valence-corrected chi connectivity index (χ1v) is 12.3. The lowest BCUT2D eigenvalue weighted by atomic mass is 10.1. The first kappa shape index (κ1) is 23.5. The maximum absolute atomic E-state index is 13.4. The number of hydrogen-bond acceptors (Lipinski definition) is 4. The first-order valence-electron chi connectivity index (χ1n) is 11.4. The highest BCUT2D eigenvalue weighted by atomic mass is 32.1. The van der Waals surface area contributed by atoms with Crippen molar-refractivity contribution < 1.29 is 14.3 Å². The Bertz CT molecular complexity index is 788. The quantitative estimate of drug-likeness (QED) is 0.447. The number of ether oxygens (including phenoxy) is 1. The molecule has 3 rings (SSSR count). The molecule has 0 radical (unpaired) electrons. The summed E-state index contributed by atoms with van der Waals surface area (Å²) in [6, 6.07) is 14.1. The zero-order chi connectivity index (χ0) is 21.9. The highest BCUT2D eigenvalue weighted by Gasteiger charge is 2.29. The Kier molecular flexibility index (Phi) is 9.56. The molecule has 31 heavy (non-hydrogen) atoms. The van der Waals surface area contributed by atoms with Gasteiger partial charge in [0.25, 0.3) is 0 Å². The molecule has 0 bridgehead atoms. The van der Waals surface area contributed by atoms with E-state index >= 15 is 0 Å². The fraction of sp³-hybridized carbons (Fsp3) is 0.520. The largest absolute Gasteiger partial charge is 0.382 e. The third-order valence-electron chi connectivity index (χ3n) is 5.76. The molecule has 1 fully saturated rings. The Morgan fingerprint density at radius 3 is 2.48 bits per heavy atom. The second kappa shape index (κ2) is 12.6. The Morgan fingerprint density at radius 1 is 1.03 bits per heavy atom. The predicted octanol–water partition coefficient (Wildman–Crippen LogP) is 4.72. The molecule has 0 spiro atoms. The summed E-state index contributed by atoms with van der Waals surface area (Å²) in [4.78, 5) is 31.4. The number of amides is 2. The lowest BCUT2D eigenvalue weighted by Gasteiger charge is -2.29. The van der Waals surface area contributed by atoms with E-state index in [4.69, 9.17) is 4.74 Å². The Hall–Kier alpha value is -2.18. The van der Waals surface area contributed by atoms with E-state index in [-0.39, 0.29) is 24.3 Å². The molecule has 0 atom stereocenters. The number of carbonyl (C=O) groups excluding carboxylic acids is 2. The van der Waals surface area contributed by atoms with Crippen LogP contribution >= 0.6 is 11.3 Å². The van der Waals surface area contributed by atoms with Crippen LogP contribution in [0.3, 0.4) is 0 Å². The van der Waals surface area contributed by atoms with E-state index in [2.05, 4.69) is 6.07 Å². The minimum atomic E-state index is 0.00000916. The zero-order valence-electron chi connectivity index (χ0n) is 18.5. The predicted molar refractivity (Wildman–Crippen MR) is 125 cm³/mol. The molecule has 2 amide bonds. The second-order valence-electron chi connectivity index (χ2n) is 8.11. The van der Waals surface area contributed by atoms with Crippen molar-refractivity contribution in [1.82, 2.24) is 9.80 Å². The van der Waals surface area contributed by atoms with Crippen molar-refractivity contribution in [1.29, 1.82) is 0 Å². The van der Waals surface area contributed by atoms with Gasteiger partial charge < -0.3 is 14.5 Å². The molecule has 5 nitrogen and oxygen atoms in total. The average Bonchev–Trinajstić information content (AvgIpc) is 3.50. The van der Waals surface area contributed by atoms with Gasteiger partial charge in [0, 0.05) is 37.1 Å². The fourth-order valence-corrected chi connectivity index (χ4v) is 4.81. The van der Waals surface area contributed by atoms with E-state index in [0.29, 0.717) is 32.8 Å². The molecule has 0 unspecified atom stereocenters. The third kappa shape index (κ3) is 7.47. The SMILES string of the molecule is CCOCCCN(CC(=O)N(Cc1ccccc1)Cc1cccs1)C(=O)C1CCCC1. The summed E-state index contributed by atoms with van der Waals surface area (Å²) in [7, 11) is 0. The van der Waals surface area contributed by atoms with Crippen molar-refractivity contribution in [3.05, 3.63) is 58.3 Å². The molecule has 168 valence electrons. The molecule has 6 heteroatoms. The number of carbonyl (C=O) groups is 2. The summed E-state index contributed by atoms with van der Waals surface area (Å²) in [5.74, 6) is 0.206. The van der Waals surface area contributed by atoms with Crippen LogP contribution in [0.15, 0.2) is 47.8 Å². The number of thiophene rings is 1. The summed E-state index contributed by atoms with van der Waals surface area (Å²) < 4.78 is 5.46. The summed E-state index contributed by atoms with van der Waals surface area (Å²) in [6.45, 7) is 5.07. The van der Waals surface area contributed by atoms with Crippen molar-refractivity contribution >= 4 is 23.2 Å². The molecule has 1 aliphatic carbocycles. The van der Waals surface area contributed by atoms with Gasteiger partial charge in [-0.25, -0.2) is 0 Å². The maximum atomic E-state index is 13.4. The van der Waals surface area contributed by atoms with Gasteiger partial charge in [0.15, 0.2) is 0 Å². The van der Waals surface area contributed by atoms with Crippen LogP contribution in [0, 0.1) is 5.92 Å². The summed E-state index contributed by atoms with van der Waals surface area (Å²) in [5.41, 5.74) is 1.09. The number of hydrogen-bond donors (Lipinski definition) is 0. The van der Waals surface area contributed by atoms with Crippen LogP contribution in [0.1, 0.15) is 49.5 Å². The molecule has 0 saturated heterocycles. The molecule has 1 aromatic heterocycles. The molecule has 0 N–H and O–H groups in total.